The zero-order chi connectivity index (χ0) is 12.6. The minimum atomic E-state index is 0.475. The van der Waals surface area contributed by atoms with Gasteiger partial charge < -0.3 is 4.74 Å². The van der Waals surface area contributed by atoms with Crippen LogP contribution in [-0.2, 0) is 4.74 Å². The normalized spacial score (nSPS) is 24.3. The molecule has 4 heteroatoms. The van der Waals surface area contributed by atoms with E-state index in [4.69, 9.17) is 4.74 Å². The van der Waals surface area contributed by atoms with Gasteiger partial charge in [-0.05, 0) is 19.8 Å². The first-order valence-corrected chi connectivity index (χ1v) is 7.29. The summed E-state index contributed by atoms with van der Waals surface area (Å²) >= 11 is 0. The van der Waals surface area contributed by atoms with Gasteiger partial charge in [-0.15, -0.1) is 0 Å². The fourth-order valence-electron chi connectivity index (χ4n) is 2.64. The Balaban J connectivity index is 1.70. The lowest BCUT2D eigenvalue weighted by atomic mass is 9.96. The summed E-state index contributed by atoms with van der Waals surface area (Å²) < 4.78 is 5.35. The lowest BCUT2D eigenvalue weighted by molar-refractivity contribution is 0.0221. The first-order valence-electron chi connectivity index (χ1n) is 7.29. The Morgan fingerprint density at radius 3 is 2.67 bits per heavy atom. The number of aliphatic imine (C=N–C) groups is 2. The first kappa shape index (κ1) is 13.7. The van der Waals surface area contributed by atoms with Gasteiger partial charge in [0.1, 0.15) is 0 Å². The third-order valence-corrected chi connectivity index (χ3v) is 3.91. The molecule has 18 heavy (non-hydrogen) atoms. The average molecular weight is 251 g/mol. The van der Waals surface area contributed by atoms with Crippen molar-refractivity contribution in [1.82, 2.24) is 4.90 Å². The Morgan fingerprint density at radius 2 is 1.94 bits per heavy atom. The quantitative estimate of drug-likeness (QED) is 0.718. The van der Waals surface area contributed by atoms with Crippen LogP contribution in [0.5, 0.6) is 0 Å². The van der Waals surface area contributed by atoms with E-state index in [-0.39, 0.29) is 0 Å². The van der Waals surface area contributed by atoms with Crippen LogP contribution in [0.15, 0.2) is 9.98 Å². The average Bonchev–Trinajstić information content (AvgIpc) is 2.45. The first-order chi connectivity index (χ1) is 8.86. The highest BCUT2D eigenvalue weighted by Crippen LogP contribution is 2.19. The van der Waals surface area contributed by atoms with Gasteiger partial charge in [0, 0.05) is 19.1 Å². The van der Waals surface area contributed by atoms with Gasteiger partial charge in [-0.2, -0.15) is 0 Å². The van der Waals surface area contributed by atoms with Crippen molar-refractivity contribution in [2.24, 2.45) is 9.98 Å². The molecule has 2 fully saturated rings. The summed E-state index contributed by atoms with van der Waals surface area (Å²) in [6, 6.07) is 3.88. The lowest BCUT2D eigenvalue weighted by Crippen LogP contribution is -2.43. The maximum Gasteiger partial charge on any atom is 0.0896 e. The lowest BCUT2D eigenvalue weighted by Gasteiger charge is -2.31. The predicted molar refractivity (Wildman–Crippen MR) is 73.5 cm³/mol. The molecule has 0 radical (unpaired) electrons. The molecule has 0 N–H and O–H groups in total. The molecule has 0 aromatic heterocycles. The molecule has 1 atom stereocenters. The molecular weight excluding hydrogens is 226 g/mol. The second-order valence-electron chi connectivity index (χ2n) is 5.36. The van der Waals surface area contributed by atoms with Crippen molar-refractivity contribution in [3.8, 4) is 0 Å². The van der Waals surface area contributed by atoms with Crippen LogP contribution >= 0.6 is 0 Å². The van der Waals surface area contributed by atoms with E-state index in [1.165, 1.54) is 32.1 Å². The summed E-state index contributed by atoms with van der Waals surface area (Å²) in [5.41, 5.74) is 0. The van der Waals surface area contributed by atoms with Gasteiger partial charge in [-0.25, -0.2) is 9.98 Å². The SMILES string of the molecule is CC(CN=C=NC1CCCCC1)N1CCOCC1. The van der Waals surface area contributed by atoms with Gasteiger partial charge in [-0.1, -0.05) is 19.3 Å². The second-order valence-corrected chi connectivity index (χ2v) is 5.36. The Kier molecular flexibility index (Phi) is 5.85. The van der Waals surface area contributed by atoms with Crippen LogP contribution in [-0.4, -0.2) is 55.8 Å². The minimum absolute atomic E-state index is 0.475. The van der Waals surface area contributed by atoms with Gasteiger partial charge >= 0.3 is 0 Å². The van der Waals surface area contributed by atoms with Crippen LogP contribution in [0, 0.1) is 0 Å². The number of morpholine rings is 1. The van der Waals surface area contributed by atoms with Gasteiger partial charge in [0.2, 0.25) is 0 Å². The standard InChI is InChI=1S/C14H25N3O/c1-13(17-7-9-18-10-8-17)11-15-12-16-14-5-3-2-4-6-14/h13-14H,2-11H2,1H3. The Labute approximate surface area is 110 Å². The summed E-state index contributed by atoms with van der Waals surface area (Å²) in [5.74, 6) is 0. The van der Waals surface area contributed by atoms with Crippen molar-refractivity contribution in [1.29, 1.82) is 0 Å². The zero-order valence-electron chi connectivity index (χ0n) is 11.5. The third-order valence-electron chi connectivity index (χ3n) is 3.91. The molecule has 0 amide bonds. The fourth-order valence-corrected chi connectivity index (χ4v) is 2.64. The van der Waals surface area contributed by atoms with Gasteiger partial charge in [0.15, 0.2) is 0 Å². The van der Waals surface area contributed by atoms with Crippen molar-refractivity contribution < 1.29 is 4.74 Å². The molecule has 0 aromatic rings. The number of ether oxygens (including phenoxy) is 1. The molecule has 2 aliphatic rings. The molecule has 1 saturated carbocycles. The number of rotatable bonds is 4. The number of hydrogen-bond donors (Lipinski definition) is 0. The molecule has 1 aliphatic carbocycles. The van der Waals surface area contributed by atoms with E-state index in [0.29, 0.717) is 12.1 Å². The summed E-state index contributed by atoms with van der Waals surface area (Å²) in [5, 5.41) is 0. The Bertz CT molecular complexity index is 287. The van der Waals surface area contributed by atoms with Gasteiger partial charge in [0.05, 0.1) is 31.8 Å². The van der Waals surface area contributed by atoms with E-state index in [1.54, 1.807) is 0 Å². The van der Waals surface area contributed by atoms with E-state index in [9.17, 15) is 0 Å². The predicted octanol–water partition coefficient (Wildman–Crippen LogP) is 2.21. The van der Waals surface area contributed by atoms with Gasteiger partial charge in [-0.3, -0.25) is 4.90 Å². The highest BCUT2D eigenvalue weighted by atomic mass is 16.5. The minimum Gasteiger partial charge on any atom is -0.379 e. The summed E-state index contributed by atoms with van der Waals surface area (Å²) in [4.78, 5) is 11.2. The highest BCUT2D eigenvalue weighted by molar-refractivity contribution is 5.41. The van der Waals surface area contributed by atoms with Crippen LogP contribution in [0.4, 0.5) is 0 Å². The van der Waals surface area contributed by atoms with Gasteiger partial charge in [0.25, 0.3) is 0 Å². The largest absolute Gasteiger partial charge is 0.379 e. The van der Waals surface area contributed by atoms with Crippen molar-refractivity contribution in [3.63, 3.8) is 0 Å². The molecule has 1 aliphatic heterocycles. The molecule has 0 aromatic carbocycles. The number of hydrogen-bond acceptors (Lipinski definition) is 4. The summed E-state index contributed by atoms with van der Waals surface area (Å²) in [6.45, 7) is 6.77. The monoisotopic (exact) mass is 251 g/mol. The summed E-state index contributed by atoms with van der Waals surface area (Å²) in [6.07, 6.45) is 6.46. The van der Waals surface area contributed by atoms with Crippen molar-refractivity contribution in [2.75, 3.05) is 32.8 Å². The molecule has 4 nitrogen and oxygen atoms in total. The number of nitrogens with zero attached hydrogens (tertiary/aromatic N) is 3. The molecule has 0 spiro atoms. The smallest absolute Gasteiger partial charge is 0.0896 e. The van der Waals surface area contributed by atoms with E-state index in [0.717, 1.165) is 32.8 Å². The topological polar surface area (TPSA) is 37.2 Å². The summed E-state index contributed by atoms with van der Waals surface area (Å²) in [7, 11) is 0. The maximum atomic E-state index is 5.35. The van der Waals surface area contributed by atoms with E-state index < -0.39 is 0 Å². The fraction of sp³-hybridized carbons (Fsp3) is 0.929. The van der Waals surface area contributed by atoms with E-state index in [1.807, 2.05) is 0 Å². The Morgan fingerprint density at radius 1 is 1.22 bits per heavy atom. The molecule has 2 rings (SSSR count). The molecule has 1 heterocycles. The molecule has 0 bridgehead atoms. The van der Waals surface area contributed by atoms with E-state index in [2.05, 4.69) is 27.8 Å². The zero-order valence-corrected chi connectivity index (χ0v) is 11.5. The molecule has 1 unspecified atom stereocenters. The molecule has 1 saturated heterocycles. The third kappa shape index (κ3) is 4.52. The van der Waals surface area contributed by atoms with Crippen LogP contribution < -0.4 is 0 Å². The van der Waals surface area contributed by atoms with Crippen LogP contribution in [0.25, 0.3) is 0 Å². The highest BCUT2D eigenvalue weighted by Gasteiger charge is 2.16. The Hall–Kier alpha value is -0.700. The van der Waals surface area contributed by atoms with Crippen LogP contribution in [0.2, 0.25) is 0 Å². The van der Waals surface area contributed by atoms with Crippen molar-refractivity contribution in [2.45, 2.75) is 51.1 Å². The maximum absolute atomic E-state index is 5.35. The van der Waals surface area contributed by atoms with Crippen LogP contribution in [0.1, 0.15) is 39.0 Å². The molecular formula is C14H25N3O. The van der Waals surface area contributed by atoms with Crippen molar-refractivity contribution in [3.05, 3.63) is 0 Å². The van der Waals surface area contributed by atoms with Crippen molar-refractivity contribution >= 4 is 6.01 Å². The van der Waals surface area contributed by atoms with Crippen LogP contribution in [0.3, 0.4) is 0 Å². The molecule has 102 valence electrons. The second kappa shape index (κ2) is 7.67. The van der Waals surface area contributed by atoms with E-state index >= 15 is 0 Å².